The molecule has 2 aliphatic rings. The number of nitrogens with one attached hydrogen (secondary N) is 1. The number of pyridine rings is 1. The third-order valence-corrected chi connectivity index (χ3v) is 9.49. The minimum atomic E-state index is -0.712. The van der Waals surface area contributed by atoms with Gasteiger partial charge in [0.25, 0.3) is 11.8 Å². The molecule has 1 saturated heterocycles. The Kier molecular flexibility index (Phi) is 10.1. The molecule has 46 heavy (non-hydrogen) atoms. The van der Waals surface area contributed by atoms with Crippen LogP contribution in [0.1, 0.15) is 55.3 Å². The fourth-order valence-electron chi connectivity index (χ4n) is 6.61. The number of allylic oxidation sites excluding steroid dienone is 1. The third kappa shape index (κ3) is 6.52. The fraction of sp³-hybridized carbons (Fsp3) is 0.389. The molecule has 2 amide bonds. The molecule has 1 aliphatic carbocycles. The second kappa shape index (κ2) is 14.1. The number of fused-ring (bicyclic) bond motifs is 1. The summed E-state index contributed by atoms with van der Waals surface area (Å²) in [6, 6.07) is 13.7. The average molecular weight is 645 g/mol. The van der Waals surface area contributed by atoms with E-state index in [1.54, 1.807) is 27.3 Å². The first-order chi connectivity index (χ1) is 22.0. The maximum atomic E-state index is 13.2. The molecule has 1 aromatic heterocycles. The molecule has 2 heterocycles. The van der Waals surface area contributed by atoms with E-state index in [9.17, 15) is 19.5 Å². The predicted octanol–water partition coefficient (Wildman–Crippen LogP) is 6.53. The Hall–Kier alpha value is -4.21. The Morgan fingerprint density at radius 3 is 2.41 bits per heavy atom. The van der Waals surface area contributed by atoms with Crippen molar-refractivity contribution in [3.05, 3.63) is 75.8 Å². The number of benzene rings is 2. The minimum absolute atomic E-state index is 0.0981. The zero-order valence-electron chi connectivity index (χ0n) is 27.0. The second-order valence-electron chi connectivity index (χ2n) is 12.1. The summed E-state index contributed by atoms with van der Waals surface area (Å²) < 4.78 is 5.85. The van der Waals surface area contributed by atoms with Crippen LogP contribution in [0.15, 0.2) is 54.1 Å². The third-order valence-electron chi connectivity index (χ3n) is 9.08. The lowest BCUT2D eigenvalue weighted by Crippen LogP contribution is -2.38. The zero-order chi connectivity index (χ0) is 33.1. The first-order valence-corrected chi connectivity index (χ1v) is 16.1. The number of anilines is 1. The van der Waals surface area contributed by atoms with Gasteiger partial charge in [-0.2, -0.15) is 0 Å². The number of likely N-dealkylation sites (tertiary alicyclic amines) is 1. The van der Waals surface area contributed by atoms with Gasteiger partial charge in [-0.15, -0.1) is 0 Å². The number of aromatic nitrogens is 1. The van der Waals surface area contributed by atoms with E-state index in [0.29, 0.717) is 41.5 Å². The van der Waals surface area contributed by atoms with Crippen LogP contribution in [0.3, 0.4) is 0 Å². The number of carbonyl (C=O) groups excluding carboxylic acids is 2. The van der Waals surface area contributed by atoms with E-state index in [0.717, 1.165) is 59.3 Å². The number of amides is 2. The summed E-state index contributed by atoms with van der Waals surface area (Å²) in [4.78, 5) is 46.0. The smallest absolute Gasteiger partial charge is 0.306 e. The summed E-state index contributed by atoms with van der Waals surface area (Å²) in [5.41, 5.74) is 6.88. The SMILES string of the molecule is CC/C=C(/C(=O)Nc1cccc(-c2cccc(-c3cc4c(c(OC)n3)C(N3CCC(C(=O)O)CC3)CC4)c2Cl)c1C)C(=O)N(C)C. The van der Waals surface area contributed by atoms with Gasteiger partial charge >= 0.3 is 5.97 Å². The standard InChI is InChI=1S/C36H41ClN4O5/c1-6-9-27(35(43)40(3)4)33(42)38-28-13-8-10-24(21(28)2)25-11-7-12-26(32(25)37)29-20-23-14-15-30(31(23)34(39-29)46-5)41-18-16-22(17-19-41)36(44)45/h7-13,20,22,30H,6,14-19H2,1-5H3,(H,38,42)(H,44,45)/b27-9-. The van der Waals surface area contributed by atoms with Crippen molar-refractivity contribution in [3.63, 3.8) is 0 Å². The van der Waals surface area contributed by atoms with Gasteiger partial charge in [-0.05, 0) is 80.9 Å². The van der Waals surface area contributed by atoms with Crippen molar-refractivity contribution < 1.29 is 24.2 Å². The highest BCUT2D eigenvalue weighted by molar-refractivity contribution is 6.36. The number of aryl methyl sites for hydroxylation is 1. The summed E-state index contributed by atoms with van der Waals surface area (Å²) in [6.45, 7) is 5.27. The lowest BCUT2D eigenvalue weighted by molar-refractivity contribution is -0.143. The minimum Gasteiger partial charge on any atom is -0.481 e. The second-order valence-corrected chi connectivity index (χ2v) is 12.5. The maximum absolute atomic E-state index is 13.2. The monoisotopic (exact) mass is 644 g/mol. The quantitative estimate of drug-likeness (QED) is 0.155. The largest absolute Gasteiger partial charge is 0.481 e. The van der Waals surface area contributed by atoms with Crippen molar-refractivity contribution in [2.75, 3.05) is 39.6 Å². The van der Waals surface area contributed by atoms with Crippen LogP contribution in [0.5, 0.6) is 5.88 Å². The zero-order valence-corrected chi connectivity index (χ0v) is 27.8. The summed E-state index contributed by atoms with van der Waals surface area (Å²) in [5, 5.41) is 12.9. The van der Waals surface area contributed by atoms with E-state index in [-0.39, 0.29) is 23.4 Å². The molecule has 3 aromatic rings. The van der Waals surface area contributed by atoms with Gasteiger partial charge < -0.3 is 20.1 Å². The molecule has 1 aliphatic heterocycles. The van der Waals surface area contributed by atoms with E-state index in [1.165, 1.54) is 4.90 Å². The molecule has 1 unspecified atom stereocenters. The van der Waals surface area contributed by atoms with E-state index in [2.05, 4.69) is 16.3 Å². The van der Waals surface area contributed by atoms with Gasteiger partial charge in [0.2, 0.25) is 5.88 Å². The summed E-state index contributed by atoms with van der Waals surface area (Å²) in [6.07, 6.45) is 5.28. The van der Waals surface area contributed by atoms with Gasteiger partial charge in [0, 0.05) is 42.5 Å². The van der Waals surface area contributed by atoms with Crippen LogP contribution < -0.4 is 10.1 Å². The van der Waals surface area contributed by atoms with Crippen LogP contribution in [0.2, 0.25) is 5.02 Å². The van der Waals surface area contributed by atoms with Crippen LogP contribution in [-0.4, -0.2) is 72.0 Å². The topological polar surface area (TPSA) is 112 Å². The van der Waals surface area contributed by atoms with Gasteiger partial charge in [-0.3, -0.25) is 19.3 Å². The van der Waals surface area contributed by atoms with Crippen LogP contribution in [0.25, 0.3) is 22.4 Å². The molecule has 2 aromatic carbocycles. The first kappa shape index (κ1) is 33.2. The molecule has 1 fully saturated rings. The molecule has 0 saturated carbocycles. The van der Waals surface area contributed by atoms with E-state index in [1.807, 2.05) is 50.2 Å². The number of hydrogen-bond acceptors (Lipinski definition) is 6. The number of halogens is 1. The highest BCUT2D eigenvalue weighted by Gasteiger charge is 2.36. The van der Waals surface area contributed by atoms with E-state index >= 15 is 0 Å². The normalized spacial score (nSPS) is 17.0. The Labute approximate surface area is 275 Å². The molecule has 5 rings (SSSR count). The van der Waals surface area contributed by atoms with E-state index in [4.69, 9.17) is 21.3 Å². The molecule has 10 heteroatoms. The van der Waals surface area contributed by atoms with Crippen LogP contribution in [-0.2, 0) is 20.8 Å². The number of carbonyl (C=O) groups is 3. The number of methoxy groups -OCH3 is 1. The van der Waals surface area contributed by atoms with Gasteiger partial charge in [0.15, 0.2) is 0 Å². The lowest BCUT2D eigenvalue weighted by Gasteiger charge is -2.35. The molecular weight excluding hydrogens is 604 g/mol. The van der Waals surface area contributed by atoms with Crippen LogP contribution in [0.4, 0.5) is 5.69 Å². The fourth-order valence-corrected chi connectivity index (χ4v) is 6.94. The molecule has 2 N–H and O–H groups in total. The van der Waals surface area contributed by atoms with Crippen molar-refractivity contribution in [2.45, 2.75) is 52.0 Å². The molecule has 1 atom stereocenters. The Balaban J connectivity index is 1.45. The van der Waals surface area contributed by atoms with Crippen LogP contribution in [0, 0.1) is 12.8 Å². The highest BCUT2D eigenvalue weighted by atomic mass is 35.5. The van der Waals surface area contributed by atoms with Crippen molar-refractivity contribution in [1.29, 1.82) is 0 Å². The van der Waals surface area contributed by atoms with E-state index < -0.39 is 11.9 Å². The Morgan fingerprint density at radius 2 is 1.76 bits per heavy atom. The van der Waals surface area contributed by atoms with Crippen LogP contribution >= 0.6 is 11.6 Å². The number of rotatable bonds is 9. The Bertz CT molecular complexity index is 1690. The Morgan fingerprint density at radius 1 is 1.09 bits per heavy atom. The molecular formula is C36H41ClN4O5. The van der Waals surface area contributed by atoms with Gasteiger partial charge in [-0.1, -0.05) is 54.9 Å². The molecule has 0 bridgehead atoms. The molecule has 9 nitrogen and oxygen atoms in total. The molecule has 0 spiro atoms. The lowest BCUT2D eigenvalue weighted by atomic mass is 9.94. The number of carboxylic acids is 1. The number of nitrogens with zero attached hydrogens (tertiary/aromatic N) is 3. The molecule has 242 valence electrons. The average Bonchev–Trinajstić information content (AvgIpc) is 3.48. The van der Waals surface area contributed by atoms with Crippen molar-refractivity contribution in [1.82, 2.24) is 14.8 Å². The van der Waals surface area contributed by atoms with Crippen molar-refractivity contribution >= 4 is 35.1 Å². The predicted molar refractivity (Wildman–Crippen MR) is 180 cm³/mol. The van der Waals surface area contributed by atoms with Crippen molar-refractivity contribution in [2.24, 2.45) is 5.92 Å². The number of likely N-dealkylation sites (N-methyl/N-ethyl adjacent to an activating group) is 1. The summed E-state index contributed by atoms with van der Waals surface area (Å²) in [5.74, 6) is -1.23. The van der Waals surface area contributed by atoms with Gasteiger partial charge in [0.1, 0.15) is 5.57 Å². The summed E-state index contributed by atoms with van der Waals surface area (Å²) >= 11 is 7.13. The number of aliphatic carboxylic acids is 1. The number of piperidine rings is 1. The van der Waals surface area contributed by atoms with Crippen molar-refractivity contribution in [3.8, 4) is 28.3 Å². The molecule has 0 radical (unpaired) electrons. The highest BCUT2D eigenvalue weighted by Crippen LogP contribution is 2.45. The number of carboxylic acid groups (broad SMARTS) is 1. The van der Waals surface area contributed by atoms with Gasteiger partial charge in [0.05, 0.1) is 23.7 Å². The first-order valence-electron chi connectivity index (χ1n) is 15.7. The van der Waals surface area contributed by atoms with Gasteiger partial charge in [-0.25, -0.2) is 4.98 Å². The number of hydrogen-bond donors (Lipinski definition) is 2. The maximum Gasteiger partial charge on any atom is 0.306 e. The number of ether oxygens (including phenoxy) is 1. The summed E-state index contributed by atoms with van der Waals surface area (Å²) in [7, 11) is 4.87.